The maximum atomic E-state index is 12.8. The highest BCUT2D eigenvalue weighted by Crippen LogP contribution is 2.37. The van der Waals surface area contributed by atoms with Gasteiger partial charge in [-0.2, -0.15) is 11.8 Å². The molecule has 0 radical (unpaired) electrons. The standard InChI is InChI=1S/C18H18ClF2N3OS2/c1-3-9-24(14(25)6-10-26-11-7-18(2,20)21)17-15(19)23-16(27-17)13-5-4-8-22-12-13/h1,4-5,8,12H,6-7,9-11H2,2H3. The van der Waals surface area contributed by atoms with E-state index in [0.717, 1.165) is 12.5 Å². The van der Waals surface area contributed by atoms with Crippen LogP contribution in [0.3, 0.4) is 0 Å². The molecule has 2 aromatic heterocycles. The largest absolute Gasteiger partial charge is 0.289 e. The number of halogens is 3. The van der Waals surface area contributed by atoms with E-state index < -0.39 is 5.92 Å². The van der Waals surface area contributed by atoms with E-state index in [1.165, 1.54) is 28.0 Å². The summed E-state index contributed by atoms with van der Waals surface area (Å²) < 4.78 is 25.6. The van der Waals surface area contributed by atoms with E-state index in [1.54, 1.807) is 18.5 Å². The lowest BCUT2D eigenvalue weighted by atomic mass is 10.3. The Morgan fingerprint density at radius 2 is 2.26 bits per heavy atom. The first-order chi connectivity index (χ1) is 12.8. The van der Waals surface area contributed by atoms with Gasteiger partial charge in [0, 0.05) is 36.6 Å². The first-order valence-corrected chi connectivity index (χ1v) is 10.4. The zero-order chi connectivity index (χ0) is 19.9. The molecular formula is C18H18ClF2N3OS2. The molecule has 2 rings (SSSR count). The van der Waals surface area contributed by atoms with Gasteiger partial charge >= 0.3 is 0 Å². The van der Waals surface area contributed by atoms with Crippen LogP contribution in [0.1, 0.15) is 19.8 Å². The van der Waals surface area contributed by atoms with Crippen molar-refractivity contribution < 1.29 is 13.6 Å². The lowest BCUT2D eigenvalue weighted by molar-refractivity contribution is -0.118. The molecule has 0 aliphatic carbocycles. The Morgan fingerprint density at radius 1 is 1.48 bits per heavy atom. The van der Waals surface area contributed by atoms with Crippen LogP contribution in [-0.4, -0.2) is 39.8 Å². The van der Waals surface area contributed by atoms with Gasteiger partial charge in [0.2, 0.25) is 11.8 Å². The summed E-state index contributed by atoms with van der Waals surface area (Å²) in [6.45, 7) is 0.948. The highest BCUT2D eigenvalue weighted by molar-refractivity contribution is 7.99. The van der Waals surface area contributed by atoms with E-state index >= 15 is 0 Å². The molecule has 0 unspecified atom stereocenters. The minimum absolute atomic E-state index is 0.0604. The number of hydrogen-bond acceptors (Lipinski definition) is 5. The molecule has 2 heterocycles. The number of carbonyl (C=O) groups excluding carboxylic acids is 1. The van der Waals surface area contributed by atoms with Gasteiger partial charge in [-0.3, -0.25) is 14.7 Å². The van der Waals surface area contributed by atoms with Crippen molar-refractivity contribution in [2.24, 2.45) is 0 Å². The number of nitrogens with zero attached hydrogens (tertiary/aromatic N) is 3. The van der Waals surface area contributed by atoms with Crippen LogP contribution in [0.5, 0.6) is 0 Å². The Kier molecular flexibility index (Phi) is 8.02. The number of anilines is 1. The minimum atomic E-state index is -2.69. The quantitative estimate of drug-likeness (QED) is 0.416. The Balaban J connectivity index is 2.03. The fourth-order valence-electron chi connectivity index (χ4n) is 2.09. The first kappa shape index (κ1) is 21.6. The van der Waals surface area contributed by atoms with E-state index in [2.05, 4.69) is 15.9 Å². The lowest BCUT2D eigenvalue weighted by Crippen LogP contribution is -2.31. The molecule has 9 heteroatoms. The smallest absolute Gasteiger partial charge is 0.246 e. The van der Waals surface area contributed by atoms with Crippen molar-refractivity contribution in [3.63, 3.8) is 0 Å². The SMILES string of the molecule is C#CCN(C(=O)CCSCCC(C)(F)F)c1sc(-c2cccnc2)nc1Cl. The fourth-order valence-corrected chi connectivity index (χ4v) is 4.43. The highest BCUT2D eigenvalue weighted by Gasteiger charge is 2.23. The number of thiazole rings is 1. The summed E-state index contributed by atoms with van der Waals surface area (Å²) in [6.07, 6.45) is 8.67. The van der Waals surface area contributed by atoms with Crippen LogP contribution in [-0.2, 0) is 4.79 Å². The summed E-state index contributed by atoms with van der Waals surface area (Å²) in [7, 11) is 0. The first-order valence-electron chi connectivity index (χ1n) is 8.08. The fraction of sp³-hybridized carbons (Fsp3) is 0.389. The van der Waals surface area contributed by atoms with Crippen LogP contribution < -0.4 is 4.90 Å². The van der Waals surface area contributed by atoms with E-state index in [0.29, 0.717) is 21.5 Å². The third-order valence-electron chi connectivity index (χ3n) is 3.42. The molecule has 0 spiro atoms. The molecule has 27 heavy (non-hydrogen) atoms. The number of amides is 1. The molecular weight excluding hydrogens is 412 g/mol. The van der Waals surface area contributed by atoms with E-state index in [1.807, 2.05) is 6.07 Å². The summed E-state index contributed by atoms with van der Waals surface area (Å²) >= 11 is 8.80. The number of rotatable bonds is 9. The van der Waals surface area contributed by atoms with E-state index in [9.17, 15) is 13.6 Å². The number of alkyl halides is 2. The van der Waals surface area contributed by atoms with Crippen LogP contribution in [0, 0.1) is 12.3 Å². The van der Waals surface area contributed by atoms with E-state index in [4.69, 9.17) is 18.0 Å². The molecule has 0 saturated heterocycles. The second-order valence-electron chi connectivity index (χ2n) is 5.72. The summed E-state index contributed by atoms with van der Waals surface area (Å²) in [5, 5.41) is 1.31. The molecule has 0 N–H and O–H groups in total. The van der Waals surface area contributed by atoms with E-state index in [-0.39, 0.29) is 30.4 Å². The average molecular weight is 430 g/mol. The van der Waals surface area contributed by atoms with Gasteiger partial charge in [0.15, 0.2) is 5.15 Å². The van der Waals surface area contributed by atoms with Gasteiger partial charge in [0.25, 0.3) is 0 Å². The van der Waals surface area contributed by atoms with Crippen LogP contribution >= 0.6 is 34.7 Å². The molecule has 144 valence electrons. The molecule has 0 atom stereocenters. The Bertz CT molecular complexity index is 803. The van der Waals surface area contributed by atoms with Crippen LogP contribution in [0.2, 0.25) is 5.15 Å². The van der Waals surface area contributed by atoms with Crippen molar-refractivity contribution in [1.29, 1.82) is 0 Å². The topological polar surface area (TPSA) is 46.1 Å². The zero-order valence-corrected chi connectivity index (χ0v) is 17.0. The van der Waals surface area contributed by atoms with Gasteiger partial charge in [0.1, 0.15) is 10.0 Å². The van der Waals surface area contributed by atoms with Gasteiger partial charge in [-0.25, -0.2) is 13.8 Å². The predicted molar refractivity (Wildman–Crippen MR) is 109 cm³/mol. The molecule has 0 aromatic carbocycles. The van der Waals surface area contributed by atoms with Crippen molar-refractivity contribution >= 4 is 45.6 Å². The van der Waals surface area contributed by atoms with Crippen molar-refractivity contribution in [1.82, 2.24) is 9.97 Å². The molecule has 0 aliphatic rings. The molecule has 1 amide bonds. The number of pyridine rings is 1. The van der Waals surface area contributed by atoms with Crippen molar-refractivity contribution in [2.45, 2.75) is 25.7 Å². The summed E-state index contributed by atoms with van der Waals surface area (Å²) in [5.41, 5.74) is 0.791. The van der Waals surface area contributed by atoms with Crippen LogP contribution in [0.15, 0.2) is 24.5 Å². The third-order valence-corrected chi connectivity index (χ3v) is 5.91. The normalized spacial score (nSPS) is 11.2. The molecule has 2 aromatic rings. The van der Waals surface area contributed by atoms with Crippen molar-refractivity contribution in [2.75, 3.05) is 23.0 Å². The maximum Gasteiger partial charge on any atom is 0.246 e. The second-order valence-corrected chi connectivity index (χ2v) is 8.28. The molecule has 0 fully saturated rings. The van der Waals surface area contributed by atoms with Gasteiger partial charge in [-0.05, 0) is 24.8 Å². The molecule has 4 nitrogen and oxygen atoms in total. The Labute approximate surface area is 170 Å². The maximum absolute atomic E-state index is 12.8. The number of thioether (sulfide) groups is 1. The number of terminal acetylenes is 1. The summed E-state index contributed by atoms with van der Waals surface area (Å²) in [5.74, 6) is 0.270. The predicted octanol–water partition coefficient (Wildman–Crippen LogP) is 4.99. The Hall–Kier alpha value is -1.69. The Morgan fingerprint density at radius 3 is 2.89 bits per heavy atom. The summed E-state index contributed by atoms with van der Waals surface area (Å²) in [6, 6.07) is 3.63. The van der Waals surface area contributed by atoms with Gasteiger partial charge in [-0.15, -0.1) is 6.42 Å². The zero-order valence-electron chi connectivity index (χ0n) is 14.6. The number of carbonyl (C=O) groups is 1. The monoisotopic (exact) mass is 429 g/mol. The van der Waals surface area contributed by atoms with Gasteiger partial charge < -0.3 is 0 Å². The van der Waals surface area contributed by atoms with Crippen molar-refractivity contribution in [3.8, 4) is 22.9 Å². The van der Waals surface area contributed by atoms with Gasteiger partial charge in [-0.1, -0.05) is 28.9 Å². The minimum Gasteiger partial charge on any atom is -0.289 e. The molecule has 0 aliphatic heterocycles. The second kappa shape index (κ2) is 10.0. The number of hydrogen-bond donors (Lipinski definition) is 0. The third kappa shape index (κ3) is 6.76. The number of aromatic nitrogens is 2. The van der Waals surface area contributed by atoms with Gasteiger partial charge in [0.05, 0.1) is 6.54 Å². The van der Waals surface area contributed by atoms with Crippen LogP contribution in [0.25, 0.3) is 10.6 Å². The highest BCUT2D eigenvalue weighted by atomic mass is 35.5. The van der Waals surface area contributed by atoms with Crippen molar-refractivity contribution in [3.05, 3.63) is 29.7 Å². The summed E-state index contributed by atoms with van der Waals surface area (Å²) in [4.78, 5) is 22.3. The molecule has 0 saturated carbocycles. The van der Waals surface area contributed by atoms with Crippen LogP contribution in [0.4, 0.5) is 13.8 Å². The average Bonchev–Trinajstić information content (AvgIpc) is 3.00. The molecule has 0 bridgehead atoms. The lowest BCUT2D eigenvalue weighted by Gasteiger charge is -2.18.